The van der Waals surface area contributed by atoms with Crippen LogP contribution < -0.4 is 5.32 Å². The molecular weight excluding hydrogens is 354 g/mol. The van der Waals surface area contributed by atoms with Gasteiger partial charge in [-0.1, -0.05) is 6.92 Å². The average molecular weight is 377 g/mol. The molecule has 27 heavy (non-hydrogen) atoms. The molecule has 0 saturated carbocycles. The van der Waals surface area contributed by atoms with Gasteiger partial charge in [-0.25, -0.2) is 0 Å². The number of carbonyl (C=O) groups is 3. The summed E-state index contributed by atoms with van der Waals surface area (Å²) in [6.45, 7) is 3.21. The molecule has 1 aromatic rings. The summed E-state index contributed by atoms with van der Waals surface area (Å²) in [6.07, 6.45) is 1.98. The largest absolute Gasteiger partial charge is 0.456 e. The first-order valence-corrected chi connectivity index (χ1v) is 8.83. The van der Waals surface area contributed by atoms with Gasteiger partial charge in [0.2, 0.25) is 0 Å². The van der Waals surface area contributed by atoms with Crippen LogP contribution in [0.5, 0.6) is 0 Å². The summed E-state index contributed by atoms with van der Waals surface area (Å²) < 4.78 is 4.97. The molecule has 1 aliphatic rings. The van der Waals surface area contributed by atoms with Crippen LogP contribution in [0.15, 0.2) is 24.3 Å². The monoisotopic (exact) mass is 377 g/mol. The van der Waals surface area contributed by atoms with Crippen LogP contribution in [-0.4, -0.2) is 53.8 Å². The molecule has 0 radical (unpaired) electrons. The van der Waals surface area contributed by atoms with Crippen molar-refractivity contribution in [1.29, 1.82) is 0 Å². The Labute approximate surface area is 156 Å². The zero-order valence-corrected chi connectivity index (χ0v) is 15.2. The predicted octanol–water partition coefficient (Wildman–Crippen LogP) is 1.52. The van der Waals surface area contributed by atoms with Gasteiger partial charge in [0, 0.05) is 37.3 Å². The minimum atomic E-state index is -0.572. The van der Waals surface area contributed by atoms with Gasteiger partial charge in [0.1, 0.15) is 0 Å². The Morgan fingerprint density at radius 3 is 2.63 bits per heavy atom. The van der Waals surface area contributed by atoms with Gasteiger partial charge in [0.25, 0.3) is 17.5 Å². The summed E-state index contributed by atoms with van der Waals surface area (Å²) in [6, 6.07) is 5.14. The number of nitro groups is 1. The number of esters is 1. The SMILES string of the molecule is C[C@@H]1CCCN(C(=O)COC(=O)CCNC(=O)c2ccc([N+](=O)[O-])cc2)C1. The number of amides is 2. The number of nitrogens with one attached hydrogen (secondary N) is 1. The molecule has 1 saturated heterocycles. The highest BCUT2D eigenvalue weighted by Gasteiger charge is 2.21. The second-order valence-corrected chi connectivity index (χ2v) is 6.56. The van der Waals surface area contributed by atoms with E-state index in [2.05, 4.69) is 12.2 Å². The Hall–Kier alpha value is -2.97. The number of hydrogen-bond donors (Lipinski definition) is 1. The molecule has 0 aliphatic carbocycles. The maximum absolute atomic E-state index is 12.0. The summed E-state index contributed by atoms with van der Waals surface area (Å²) in [5.41, 5.74) is 0.145. The Morgan fingerprint density at radius 2 is 2.00 bits per heavy atom. The van der Waals surface area contributed by atoms with Crippen molar-refractivity contribution >= 4 is 23.5 Å². The van der Waals surface area contributed by atoms with Crippen molar-refractivity contribution in [2.24, 2.45) is 5.92 Å². The standard InChI is InChI=1S/C18H23N3O6/c1-13-3-2-10-20(11-13)16(22)12-27-17(23)8-9-19-18(24)14-4-6-15(7-5-14)21(25)26/h4-7,13H,2-3,8-12H2,1H3,(H,19,24)/t13-/m1/s1. The molecule has 9 nitrogen and oxygen atoms in total. The molecule has 0 bridgehead atoms. The van der Waals surface area contributed by atoms with Crippen LogP contribution in [-0.2, 0) is 14.3 Å². The fourth-order valence-corrected chi connectivity index (χ4v) is 2.84. The normalized spacial score (nSPS) is 16.5. The van der Waals surface area contributed by atoms with Gasteiger partial charge < -0.3 is 15.0 Å². The highest BCUT2D eigenvalue weighted by molar-refractivity contribution is 5.94. The summed E-state index contributed by atoms with van der Waals surface area (Å²) in [7, 11) is 0. The first-order chi connectivity index (χ1) is 12.9. The third kappa shape index (κ3) is 6.36. The van der Waals surface area contributed by atoms with Crippen LogP contribution in [0.25, 0.3) is 0 Å². The Balaban J connectivity index is 1.67. The van der Waals surface area contributed by atoms with Crippen LogP contribution in [0.4, 0.5) is 5.69 Å². The lowest BCUT2D eigenvalue weighted by Gasteiger charge is -2.30. The van der Waals surface area contributed by atoms with E-state index in [4.69, 9.17) is 4.74 Å². The Morgan fingerprint density at radius 1 is 1.30 bits per heavy atom. The quantitative estimate of drug-likeness (QED) is 0.437. The van der Waals surface area contributed by atoms with Crippen LogP contribution in [0.1, 0.15) is 36.5 Å². The predicted molar refractivity (Wildman–Crippen MR) is 96.0 cm³/mol. The Kier molecular flexibility index (Phi) is 7.27. The minimum Gasteiger partial charge on any atom is -0.456 e. The zero-order valence-electron chi connectivity index (χ0n) is 15.2. The van der Waals surface area contributed by atoms with E-state index in [9.17, 15) is 24.5 Å². The number of rotatable bonds is 7. The molecule has 146 valence electrons. The molecule has 1 aliphatic heterocycles. The third-order valence-corrected chi connectivity index (χ3v) is 4.32. The van der Waals surface area contributed by atoms with E-state index < -0.39 is 16.8 Å². The molecule has 1 fully saturated rings. The van der Waals surface area contributed by atoms with Gasteiger partial charge in [-0.05, 0) is 30.9 Å². The number of non-ortho nitro benzene ring substituents is 1. The average Bonchev–Trinajstić information content (AvgIpc) is 2.66. The summed E-state index contributed by atoms with van der Waals surface area (Å²) in [4.78, 5) is 47.4. The van der Waals surface area contributed by atoms with Crippen molar-refractivity contribution < 1.29 is 24.0 Å². The molecule has 0 aromatic heterocycles. The maximum Gasteiger partial charge on any atom is 0.308 e. The first kappa shape index (κ1) is 20.3. The molecular formula is C18H23N3O6. The smallest absolute Gasteiger partial charge is 0.308 e. The van der Waals surface area contributed by atoms with Gasteiger partial charge in [-0.2, -0.15) is 0 Å². The van der Waals surface area contributed by atoms with Gasteiger partial charge in [0.15, 0.2) is 6.61 Å². The highest BCUT2D eigenvalue weighted by Crippen LogP contribution is 2.15. The lowest BCUT2D eigenvalue weighted by molar-refractivity contribution is -0.384. The van der Waals surface area contributed by atoms with E-state index in [1.807, 2.05) is 0 Å². The van der Waals surface area contributed by atoms with Gasteiger partial charge in [0.05, 0.1) is 11.3 Å². The fraction of sp³-hybridized carbons (Fsp3) is 0.500. The van der Waals surface area contributed by atoms with Crippen molar-refractivity contribution in [3.63, 3.8) is 0 Å². The number of benzene rings is 1. The molecule has 1 heterocycles. The van der Waals surface area contributed by atoms with E-state index in [0.29, 0.717) is 19.0 Å². The molecule has 1 atom stereocenters. The fourth-order valence-electron chi connectivity index (χ4n) is 2.84. The van der Waals surface area contributed by atoms with E-state index >= 15 is 0 Å². The maximum atomic E-state index is 12.0. The van der Waals surface area contributed by atoms with Gasteiger partial charge in [-0.3, -0.25) is 24.5 Å². The van der Waals surface area contributed by atoms with Crippen molar-refractivity contribution in [2.45, 2.75) is 26.2 Å². The van der Waals surface area contributed by atoms with E-state index in [-0.39, 0.29) is 36.7 Å². The molecule has 1 N–H and O–H groups in total. The molecule has 9 heteroatoms. The van der Waals surface area contributed by atoms with Crippen molar-refractivity contribution in [1.82, 2.24) is 10.2 Å². The highest BCUT2D eigenvalue weighted by atomic mass is 16.6. The number of piperidine rings is 1. The molecule has 0 spiro atoms. The molecule has 2 rings (SSSR count). The van der Waals surface area contributed by atoms with E-state index in [1.54, 1.807) is 4.90 Å². The van der Waals surface area contributed by atoms with Crippen LogP contribution in [0, 0.1) is 16.0 Å². The van der Waals surface area contributed by atoms with Crippen LogP contribution in [0.2, 0.25) is 0 Å². The van der Waals surface area contributed by atoms with Gasteiger partial charge in [-0.15, -0.1) is 0 Å². The lowest BCUT2D eigenvalue weighted by Crippen LogP contribution is -2.41. The summed E-state index contributed by atoms with van der Waals surface area (Å²) in [5, 5.41) is 13.1. The second kappa shape index (κ2) is 9.65. The minimum absolute atomic E-state index is 0.0452. The number of hydrogen-bond acceptors (Lipinski definition) is 6. The number of ether oxygens (including phenoxy) is 1. The third-order valence-electron chi connectivity index (χ3n) is 4.32. The first-order valence-electron chi connectivity index (χ1n) is 8.83. The second-order valence-electron chi connectivity index (χ2n) is 6.56. The van der Waals surface area contributed by atoms with Crippen LogP contribution in [0.3, 0.4) is 0 Å². The lowest BCUT2D eigenvalue weighted by atomic mass is 10.0. The van der Waals surface area contributed by atoms with Crippen LogP contribution >= 0.6 is 0 Å². The van der Waals surface area contributed by atoms with Crippen molar-refractivity contribution in [3.05, 3.63) is 39.9 Å². The van der Waals surface area contributed by atoms with E-state index in [1.165, 1.54) is 24.3 Å². The van der Waals surface area contributed by atoms with Crippen molar-refractivity contribution in [3.8, 4) is 0 Å². The number of nitrogens with zero attached hydrogens (tertiary/aromatic N) is 2. The summed E-state index contributed by atoms with van der Waals surface area (Å²) >= 11 is 0. The van der Waals surface area contributed by atoms with Crippen molar-refractivity contribution in [2.75, 3.05) is 26.2 Å². The number of carbonyl (C=O) groups excluding carboxylic acids is 3. The molecule has 1 aromatic carbocycles. The summed E-state index contributed by atoms with van der Waals surface area (Å²) in [5.74, 6) is -0.772. The topological polar surface area (TPSA) is 119 Å². The molecule has 0 unspecified atom stereocenters. The zero-order chi connectivity index (χ0) is 19.8. The van der Waals surface area contributed by atoms with E-state index in [0.717, 1.165) is 12.8 Å². The number of likely N-dealkylation sites (tertiary alicyclic amines) is 1. The number of nitro benzene ring substituents is 1. The molecule has 2 amide bonds. The Bertz CT molecular complexity index is 704. The van der Waals surface area contributed by atoms with Gasteiger partial charge >= 0.3 is 5.97 Å².